The molecule has 1 saturated carbocycles. The zero-order valence-corrected chi connectivity index (χ0v) is 9.21. The van der Waals surface area contributed by atoms with Crippen LogP contribution in [-0.2, 0) is 9.59 Å². The van der Waals surface area contributed by atoms with Gasteiger partial charge in [-0.25, -0.2) is 0 Å². The molecule has 1 aliphatic rings. The van der Waals surface area contributed by atoms with E-state index >= 15 is 0 Å². The van der Waals surface area contributed by atoms with Gasteiger partial charge in [-0.15, -0.1) is 0 Å². The molecular weight excluding hydrogens is 176 g/mol. The number of hydrogen-bond donors (Lipinski definition) is 0. The van der Waals surface area contributed by atoms with Crippen molar-refractivity contribution in [2.24, 2.45) is 11.8 Å². The van der Waals surface area contributed by atoms with E-state index in [1.165, 1.54) is 6.42 Å². The topological polar surface area (TPSA) is 34.1 Å². The molecule has 0 heterocycles. The average molecular weight is 196 g/mol. The summed E-state index contributed by atoms with van der Waals surface area (Å²) in [4.78, 5) is 22.6. The van der Waals surface area contributed by atoms with Gasteiger partial charge in [0.05, 0.1) is 0 Å². The van der Waals surface area contributed by atoms with Crippen LogP contribution in [0.5, 0.6) is 0 Å². The summed E-state index contributed by atoms with van der Waals surface area (Å²) in [7, 11) is 0. The Morgan fingerprint density at radius 3 is 2.79 bits per heavy atom. The van der Waals surface area contributed by atoms with E-state index in [0.717, 1.165) is 25.7 Å². The van der Waals surface area contributed by atoms with E-state index in [4.69, 9.17) is 0 Å². The molecular formula is C12H20O2. The number of carbonyl (C=O) groups excluding carboxylic acids is 2. The Morgan fingerprint density at radius 1 is 1.43 bits per heavy atom. The second-order valence-electron chi connectivity index (χ2n) is 4.54. The Bertz CT molecular complexity index is 220. The summed E-state index contributed by atoms with van der Waals surface area (Å²) < 4.78 is 0. The molecule has 0 aromatic rings. The summed E-state index contributed by atoms with van der Waals surface area (Å²) in [5, 5.41) is 0. The van der Waals surface area contributed by atoms with Crippen molar-refractivity contribution in [3.63, 3.8) is 0 Å². The number of hydrogen-bond acceptors (Lipinski definition) is 2. The van der Waals surface area contributed by atoms with Crippen molar-refractivity contribution in [1.82, 2.24) is 0 Å². The van der Waals surface area contributed by atoms with Gasteiger partial charge in [0.15, 0.2) is 0 Å². The maximum absolute atomic E-state index is 11.7. The summed E-state index contributed by atoms with van der Waals surface area (Å²) in [6, 6.07) is 0. The van der Waals surface area contributed by atoms with Crippen LogP contribution in [-0.4, -0.2) is 11.6 Å². The van der Waals surface area contributed by atoms with Gasteiger partial charge in [-0.1, -0.05) is 19.8 Å². The largest absolute Gasteiger partial charge is 0.300 e. The minimum atomic E-state index is 0.154. The highest BCUT2D eigenvalue weighted by Gasteiger charge is 2.26. The SMILES string of the molecule is CC(=O)CCC1C(=O)CCCCC1C. The quantitative estimate of drug-likeness (QED) is 0.650. The van der Waals surface area contributed by atoms with E-state index in [2.05, 4.69) is 6.92 Å². The summed E-state index contributed by atoms with van der Waals surface area (Å²) in [6.07, 6.45) is 5.43. The fourth-order valence-corrected chi connectivity index (χ4v) is 2.27. The lowest BCUT2D eigenvalue weighted by atomic mass is 9.84. The molecule has 0 N–H and O–H groups in total. The molecule has 1 rings (SSSR count). The molecule has 0 aromatic heterocycles. The third kappa shape index (κ3) is 3.24. The highest BCUT2D eigenvalue weighted by molar-refractivity contribution is 5.82. The third-order valence-electron chi connectivity index (χ3n) is 3.24. The Hall–Kier alpha value is -0.660. The standard InChI is InChI=1S/C12H20O2/c1-9-5-3-4-6-12(14)11(9)8-7-10(2)13/h9,11H,3-8H2,1-2H3. The number of Topliss-reactive ketones (excluding diaryl/α,β-unsaturated/α-hetero) is 2. The van der Waals surface area contributed by atoms with Gasteiger partial charge in [-0.05, 0) is 25.7 Å². The molecule has 14 heavy (non-hydrogen) atoms. The van der Waals surface area contributed by atoms with Crippen molar-refractivity contribution in [2.45, 2.75) is 52.4 Å². The molecule has 0 amide bonds. The molecule has 0 spiro atoms. The maximum Gasteiger partial charge on any atom is 0.136 e. The fraction of sp³-hybridized carbons (Fsp3) is 0.833. The monoisotopic (exact) mass is 196 g/mol. The zero-order chi connectivity index (χ0) is 10.6. The summed E-state index contributed by atoms with van der Waals surface area (Å²) in [6.45, 7) is 3.75. The molecule has 2 heteroatoms. The fourth-order valence-electron chi connectivity index (χ4n) is 2.27. The molecule has 0 radical (unpaired) electrons. The molecule has 1 fully saturated rings. The van der Waals surface area contributed by atoms with E-state index in [-0.39, 0.29) is 11.7 Å². The van der Waals surface area contributed by atoms with Crippen molar-refractivity contribution in [1.29, 1.82) is 0 Å². The van der Waals surface area contributed by atoms with Gasteiger partial charge in [0, 0.05) is 18.8 Å². The Morgan fingerprint density at radius 2 is 2.14 bits per heavy atom. The first-order valence-electron chi connectivity index (χ1n) is 5.63. The van der Waals surface area contributed by atoms with Gasteiger partial charge >= 0.3 is 0 Å². The number of ketones is 2. The lowest BCUT2D eigenvalue weighted by molar-refractivity contribution is -0.124. The van der Waals surface area contributed by atoms with Crippen molar-refractivity contribution in [3.05, 3.63) is 0 Å². The highest BCUT2D eigenvalue weighted by Crippen LogP contribution is 2.29. The van der Waals surface area contributed by atoms with Crippen LogP contribution in [0.25, 0.3) is 0 Å². The molecule has 0 bridgehead atoms. The third-order valence-corrected chi connectivity index (χ3v) is 3.24. The van der Waals surface area contributed by atoms with Crippen LogP contribution in [0, 0.1) is 11.8 Å². The Kier molecular flexibility index (Phi) is 4.30. The Balaban J connectivity index is 2.51. The average Bonchev–Trinajstić information content (AvgIpc) is 2.25. The van der Waals surface area contributed by atoms with Crippen LogP contribution in [0.2, 0.25) is 0 Å². The van der Waals surface area contributed by atoms with Crippen LogP contribution in [0.1, 0.15) is 52.4 Å². The molecule has 1 aliphatic carbocycles. The van der Waals surface area contributed by atoms with Crippen LogP contribution >= 0.6 is 0 Å². The molecule has 2 unspecified atom stereocenters. The first kappa shape index (κ1) is 11.4. The van der Waals surface area contributed by atoms with Crippen LogP contribution < -0.4 is 0 Å². The van der Waals surface area contributed by atoms with E-state index in [0.29, 0.717) is 18.1 Å². The van der Waals surface area contributed by atoms with Gasteiger partial charge in [-0.2, -0.15) is 0 Å². The van der Waals surface area contributed by atoms with E-state index in [1.54, 1.807) is 6.92 Å². The zero-order valence-electron chi connectivity index (χ0n) is 9.21. The van der Waals surface area contributed by atoms with Gasteiger partial charge in [0.2, 0.25) is 0 Å². The molecule has 2 atom stereocenters. The van der Waals surface area contributed by atoms with Crippen molar-refractivity contribution >= 4 is 11.6 Å². The highest BCUT2D eigenvalue weighted by atomic mass is 16.1. The predicted molar refractivity (Wildman–Crippen MR) is 56.0 cm³/mol. The van der Waals surface area contributed by atoms with Crippen LogP contribution in [0.15, 0.2) is 0 Å². The lowest BCUT2D eigenvalue weighted by Crippen LogP contribution is -2.20. The Labute approximate surface area is 86.1 Å². The van der Waals surface area contributed by atoms with Gasteiger partial charge in [0.1, 0.15) is 11.6 Å². The van der Waals surface area contributed by atoms with E-state index < -0.39 is 0 Å². The molecule has 0 aromatic carbocycles. The molecule has 2 nitrogen and oxygen atoms in total. The predicted octanol–water partition coefficient (Wildman–Crippen LogP) is 2.75. The van der Waals surface area contributed by atoms with Gasteiger partial charge < -0.3 is 4.79 Å². The first-order valence-corrected chi connectivity index (χ1v) is 5.63. The van der Waals surface area contributed by atoms with Gasteiger partial charge in [0.25, 0.3) is 0 Å². The lowest BCUT2D eigenvalue weighted by Gasteiger charge is -2.19. The minimum absolute atomic E-state index is 0.154. The minimum Gasteiger partial charge on any atom is -0.300 e. The molecule has 0 saturated heterocycles. The first-order chi connectivity index (χ1) is 6.61. The summed E-state index contributed by atoms with van der Waals surface area (Å²) in [5.41, 5.74) is 0. The van der Waals surface area contributed by atoms with Crippen molar-refractivity contribution in [2.75, 3.05) is 0 Å². The van der Waals surface area contributed by atoms with Crippen molar-refractivity contribution < 1.29 is 9.59 Å². The molecule has 80 valence electrons. The smallest absolute Gasteiger partial charge is 0.136 e. The number of rotatable bonds is 3. The number of carbonyl (C=O) groups is 2. The second-order valence-corrected chi connectivity index (χ2v) is 4.54. The van der Waals surface area contributed by atoms with E-state index in [1.807, 2.05) is 0 Å². The summed E-state index contributed by atoms with van der Waals surface area (Å²) >= 11 is 0. The summed E-state index contributed by atoms with van der Waals surface area (Å²) in [5.74, 6) is 1.22. The van der Waals surface area contributed by atoms with Crippen LogP contribution in [0.3, 0.4) is 0 Å². The van der Waals surface area contributed by atoms with Crippen LogP contribution in [0.4, 0.5) is 0 Å². The van der Waals surface area contributed by atoms with E-state index in [9.17, 15) is 9.59 Å². The normalized spacial score (nSPS) is 28.6. The van der Waals surface area contributed by atoms with Crippen molar-refractivity contribution in [3.8, 4) is 0 Å². The second kappa shape index (κ2) is 5.28. The molecule has 0 aliphatic heterocycles. The maximum atomic E-state index is 11.7. The van der Waals surface area contributed by atoms with Gasteiger partial charge in [-0.3, -0.25) is 4.79 Å².